The topological polar surface area (TPSA) is 70.5 Å². The lowest BCUT2D eigenvalue weighted by molar-refractivity contribution is -0.152. The molecule has 1 aromatic heterocycles. The summed E-state index contributed by atoms with van der Waals surface area (Å²) in [5.41, 5.74) is 0.498. The van der Waals surface area contributed by atoms with Crippen molar-refractivity contribution >= 4 is 23.3 Å². The van der Waals surface area contributed by atoms with Gasteiger partial charge in [-0.15, -0.1) is 0 Å². The highest BCUT2D eigenvalue weighted by atomic mass is 35.5. The van der Waals surface area contributed by atoms with Gasteiger partial charge in [-0.1, -0.05) is 0 Å². The Kier molecular flexibility index (Phi) is 3.61. The molecule has 19 heavy (non-hydrogen) atoms. The SMILES string of the molecule is CCOC(=O)C1=C(c2cnc(Cl)nc2)OC(C)(C)O1. The fourth-order valence-electron chi connectivity index (χ4n) is 1.56. The molecule has 0 saturated heterocycles. The van der Waals surface area contributed by atoms with Gasteiger partial charge in [0.15, 0.2) is 5.76 Å². The Hall–Kier alpha value is -1.82. The number of halogens is 1. The molecule has 0 unspecified atom stereocenters. The van der Waals surface area contributed by atoms with E-state index >= 15 is 0 Å². The standard InChI is InChI=1S/C12H13ClN2O4/c1-4-17-10(16)9-8(18-12(2,3)19-9)7-5-14-11(13)15-6-7/h5-6H,4H2,1-3H3. The number of rotatable bonds is 3. The molecule has 1 aliphatic heterocycles. The first-order valence-electron chi connectivity index (χ1n) is 5.70. The van der Waals surface area contributed by atoms with Crippen molar-refractivity contribution in [3.63, 3.8) is 0 Å². The van der Waals surface area contributed by atoms with E-state index in [2.05, 4.69) is 9.97 Å². The molecule has 1 aromatic rings. The summed E-state index contributed by atoms with van der Waals surface area (Å²) in [7, 11) is 0. The molecule has 1 aliphatic rings. The summed E-state index contributed by atoms with van der Waals surface area (Å²) >= 11 is 5.62. The Morgan fingerprint density at radius 3 is 2.58 bits per heavy atom. The third-order valence-electron chi connectivity index (χ3n) is 2.25. The predicted octanol–water partition coefficient (Wildman–Crippen LogP) is 2.14. The first-order chi connectivity index (χ1) is 8.93. The molecule has 0 fully saturated rings. The molecule has 0 spiro atoms. The van der Waals surface area contributed by atoms with Crippen molar-refractivity contribution in [2.75, 3.05) is 6.61 Å². The Bertz CT molecular complexity index is 525. The lowest BCUT2D eigenvalue weighted by Crippen LogP contribution is -2.22. The summed E-state index contributed by atoms with van der Waals surface area (Å²) in [5, 5.41) is 0.111. The van der Waals surface area contributed by atoms with Crippen LogP contribution in [0.5, 0.6) is 0 Å². The van der Waals surface area contributed by atoms with Crippen LogP contribution in [-0.2, 0) is 19.0 Å². The third kappa shape index (κ3) is 2.96. The second-order valence-electron chi connectivity index (χ2n) is 4.22. The predicted molar refractivity (Wildman–Crippen MR) is 66.8 cm³/mol. The lowest BCUT2D eigenvalue weighted by atomic mass is 10.2. The fraction of sp³-hybridized carbons (Fsp3) is 0.417. The first-order valence-corrected chi connectivity index (χ1v) is 6.08. The van der Waals surface area contributed by atoms with E-state index in [-0.39, 0.29) is 23.4 Å². The molecule has 2 rings (SSSR count). The first kappa shape index (κ1) is 13.6. The van der Waals surface area contributed by atoms with Crippen molar-refractivity contribution in [2.45, 2.75) is 26.6 Å². The number of carbonyl (C=O) groups is 1. The summed E-state index contributed by atoms with van der Waals surface area (Å²) in [5.74, 6) is -1.27. The Labute approximate surface area is 115 Å². The van der Waals surface area contributed by atoms with Gasteiger partial charge in [-0.25, -0.2) is 14.8 Å². The van der Waals surface area contributed by atoms with Gasteiger partial charge in [0.25, 0.3) is 5.76 Å². The maximum absolute atomic E-state index is 11.8. The van der Waals surface area contributed by atoms with Gasteiger partial charge in [0.1, 0.15) is 0 Å². The van der Waals surface area contributed by atoms with Crippen molar-refractivity contribution in [3.05, 3.63) is 29.0 Å². The normalized spacial score (nSPS) is 16.8. The third-order valence-corrected chi connectivity index (χ3v) is 2.44. The molecule has 102 valence electrons. The van der Waals surface area contributed by atoms with Gasteiger partial charge in [0.2, 0.25) is 11.1 Å². The summed E-state index contributed by atoms with van der Waals surface area (Å²) in [6.45, 7) is 5.34. The molecular formula is C12H13ClN2O4. The highest BCUT2D eigenvalue weighted by molar-refractivity contribution is 6.28. The minimum atomic E-state index is -0.947. The van der Waals surface area contributed by atoms with E-state index in [0.717, 1.165) is 0 Å². The zero-order chi connectivity index (χ0) is 14.0. The zero-order valence-corrected chi connectivity index (χ0v) is 11.5. The van der Waals surface area contributed by atoms with E-state index in [1.165, 1.54) is 12.4 Å². The molecule has 0 N–H and O–H groups in total. The Balaban J connectivity index is 2.39. The van der Waals surface area contributed by atoms with Crippen molar-refractivity contribution in [1.29, 1.82) is 0 Å². The van der Waals surface area contributed by atoms with E-state index < -0.39 is 11.8 Å². The minimum absolute atomic E-state index is 0.0118. The van der Waals surface area contributed by atoms with E-state index in [4.69, 9.17) is 25.8 Å². The van der Waals surface area contributed by atoms with Gasteiger partial charge in [0, 0.05) is 26.2 Å². The van der Waals surface area contributed by atoms with Crippen LogP contribution in [0.4, 0.5) is 0 Å². The lowest BCUT2D eigenvalue weighted by Gasteiger charge is -2.18. The molecule has 2 heterocycles. The molecule has 0 amide bonds. The maximum atomic E-state index is 11.8. The van der Waals surface area contributed by atoms with Crippen molar-refractivity contribution in [3.8, 4) is 0 Å². The van der Waals surface area contributed by atoms with Crippen LogP contribution in [0.1, 0.15) is 26.3 Å². The fourth-order valence-corrected chi connectivity index (χ4v) is 1.65. The summed E-state index contributed by atoms with van der Waals surface area (Å²) in [4.78, 5) is 19.5. The molecular weight excluding hydrogens is 272 g/mol. The summed E-state index contributed by atoms with van der Waals surface area (Å²) < 4.78 is 16.0. The van der Waals surface area contributed by atoms with Crippen LogP contribution in [0.15, 0.2) is 18.2 Å². The van der Waals surface area contributed by atoms with Crippen LogP contribution in [0, 0.1) is 0 Å². The molecule has 6 nitrogen and oxygen atoms in total. The van der Waals surface area contributed by atoms with Crippen molar-refractivity contribution in [1.82, 2.24) is 9.97 Å². The minimum Gasteiger partial charge on any atom is -0.460 e. The maximum Gasteiger partial charge on any atom is 0.377 e. The van der Waals surface area contributed by atoms with Crippen molar-refractivity contribution in [2.24, 2.45) is 0 Å². The number of carbonyl (C=O) groups excluding carboxylic acids is 1. The highest BCUT2D eigenvalue weighted by Gasteiger charge is 2.39. The number of nitrogens with zero attached hydrogens (tertiary/aromatic N) is 2. The van der Waals surface area contributed by atoms with Gasteiger partial charge in [-0.05, 0) is 18.5 Å². The summed E-state index contributed by atoms with van der Waals surface area (Å²) in [6, 6.07) is 0. The number of hydrogen-bond acceptors (Lipinski definition) is 6. The number of esters is 1. The van der Waals surface area contributed by atoms with Crippen LogP contribution >= 0.6 is 11.6 Å². The van der Waals surface area contributed by atoms with E-state index in [1.54, 1.807) is 20.8 Å². The van der Waals surface area contributed by atoms with Gasteiger partial charge in [-0.2, -0.15) is 0 Å². The quantitative estimate of drug-likeness (QED) is 0.625. The summed E-state index contributed by atoms with van der Waals surface area (Å²) in [6.07, 6.45) is 2.91. The van der Waals surface area contributed by atoms with E-state index in [9.17, 15) is 4.79 Å². The van der Waals surface area contributed by atoms with Crippen LogP contribution in [-0.4, -0.2) is 28.3 Å². The zero-order valence-electron chi connectivity index (χ0n) is 10.8. The molecule has 0 atom stereocenters. The number of aromatic nitrogens is 2. The van der Waals surface area contributed by atoms with Gasteiger partial charge in [-0.3, -0.25) is 0 Å². The second-order valence-corrected chi connectivity index (χ2v) is 4.56. The molecule has 0 saturated carbocycles. The molecule has 0 aromatic carbocycles. The van der Waals surface area contributed by atoms with Crippen LogP contribution < -0.4 is 0 Å². The Morgan fingerprint density at radius 1 is 1.37 bits per heavy atom. The molecule has 0 aliphatic carbocycles. The molecule has 7 heteroatoms. The number of hydrogen-bond donors (Lipinski definition) is 0. The monoisotopic (exact) mass is 284 g/mol. The molecule has 0 radical (unpaired) electrons. The average molecular weight is 285 g/mol. The van der Waals surface area contributed by atoms with Crippen LogP contribution in [0.25, 0.3) is 5.76 Å². The average Bonchev–Trinajstić information content (AvgIpc) is 2.67. The Morgan fingerprint density at radius 2 is 2.00 bits per heavy atom. The van der Waals surface area contributed by atoms with Crippen molar-refractivity contribution < 1.29 is 19.0 Å². The smallest absolute Gasteiger partial charge is 0.377 e. The van der Waals surface area contributed by atoms with Gasteiger partial charge < -0.3 is 14.2 Å². The van der Waals surface area contributed by atoms with Gasteiger partial charge >= 0.3 is 5.97 Å². The number of ether oxygens (including phenoxy) is 3. The van der Waals surface area contributed by atoms with E-state index in [0.29, 0.717) is 5.56 Å². The van der Waals surface area contributed by atoms with E-state index in [1.807, 2.05) is 0 Å². The second kappa shape index (κ2) is 5.05. The van der Waals surface area contributed by atoms with Crippen LogP contribution in [0.3, 0.4) is 0 Å². The van der Waals surface area contributed by atoms with Gasteiger partial charge in [0.05, 0.1) is 12.2 Å². The highest BCUT2D eigenvalue weighted by Crippen LogP contribution is 2.36. The van der Waals surface area contributed by atoms with Crippen LogP contribution in [0.2, 0.25) is 5.28 Å². The molecule has 0 bridgehead atoms. The largest absolute Gasteiger partial charge is 0.460 e.